The van der Waals surface area contributed by atoms with Crippen LogP contribution < -0.4 is 91.6 Å². The number of amides is 16. The Hall–Kier alpha value is -14.0. The summed E-state index contributed by atoms with van der Waals surface area (Å²) < 4.78 is 0. The predicted octanol–water partition coefficient (Wildman–Crippen LogP) is -0.477. The Morgan fingerprint density at radius 3 is 1.48 bits per heavy atom. The van der Waals surface area contributed by atoms with E-state index in [0.29, 0.717) is 33.2 Å². The molecule has 7 rings (SSSR count). The highest BCUT2D eigenvalue weighted by molar-refractivity contribution is 8.00. The minimum absolute atomic E-state index is 0.00745. The maximum Gasteiger partial charge on any atom is 0.305 e. The zero-order valence-corrected chi connectivity index (χ0v) is 80.5. The molecule has 1 aliphatic rings. The lowest BCUT2D eigenvalue weighted by molar-refractivity contribution is -0.148. The number of fused-ring (bicyclic) bond motifs is 1. The van der Waals surface area contributed by atoms with Gasteiger partial charge >= 0.3 is 5.97 Å². The Bertz CT molecular complexity index is 5220. The summed E-state index contributed by atoms with van der Waals surface area (Å²) in [6.07, 6.45) is -1.38. The Kier molecular flexibility index (Phi) is 43.5. The van der Waals surface area contributed by atoms with E-state index in [1.165, 1.54) is 66.1 Å². The van der Waals surface area contributed by atoms with Crippen molar-refractivity contribution < 1.29 is 96.8 Å². The summed E-state index contributed by atoms with van der Waals surface area (Å²) in [6, 6.07) is 13.1. The number of nitrogens with zero attached hydrogens (tertiary/aromatic N) is 2. The fraction of sp³-hybridized carbons (Fsp3) is 0.479. The Morgan fingerprint density at radius 1 is 0.486 bits per heavy atom. The van der Waals surface area contributed by atoms with Gasteiger partial charge in [-0.15, -0.1) is 11.8 Å². The number of primary amides is 1. The molecule has 0 saturated carbocycles. The summed E-state index contributed by atoms with van der Waals surface area (Å²) in [7, 11) is 2.59. The Morgan fingerprint density at radius 2 is 0.935 bits per heavy atom. The number of aromatic nitrogens is 1. The number of thioether (sulfide) groups is 1. The van der Waals surface area contributed by atoms with Crippen molar-refractivity contribution in [2.75, 3.05) is 45.3 Å². The molecule has 1 fully saturated rings. The molecular formula is C96H133N21O20S. The number of nitrogens with two attached hydrogens (primary N) is 3. The average Bonchev–Trinajstić information content (AvgIpc) is 1.61. The van der Waals surface area contributed by atoms with E-state index in [-0.39, 0.29) is 82.0 Å². The number of hydrogen-bond donors (Lipinski definition) is 22. The highest BCUT2D eigenvalue weighted by Gasteiger charge is 2.42. The van der Waals surface area contributed by atoms with Gasteiger partial charge in [0.2, 0.25) is 94.5 Å². The number of aliphatic carboxylic acids is 1. The third-order valence-electron chi connectivity index (χ3n) is 23.2. The molecule has 25 N–H and O–H groups in total. The number of aliphatic hydroxyl groups is 1. The molecule has 6 aromatic rings. The van der Waals surface area contributed by atoms with E-state index in [9.17, 15) is 58.5 Å². The second kappa shape index (κ2) is 54.1. The number of rotatable bonds is 27. The summed E-state index contributed by atoms with van der Waals surface area (Å²) in [5.74, 6) is -21.5. The summed E-state index contributed by atoms with van der Waals surface area (Å²) >= 11 is 0.725. The van der Waals surface area contributed by atoms with Gasteiger partial charge in [-0.2, -0.15) is 0 Å². The van der Waals surface area contributed by atoms with Gasteiger partial charge < -0.3 is 122 Å². The van der Waals surface area contributed by atoms with Gasteiger partial charge in [0, 0.05) is 69.2 Å². The number of nitrogens with one attached hydrogen (secondary N) is 16. The molecule has 748 valence electrons. The van der Waals surface area contributed by atoms with Gasteiger partial charge in [0.15, 0.2) is 5.96 Å². The first-order chi connectivity index (χ1) is 65.4. The van der Waals surface area contributed by atoms with E-state index < -0.39 is 240 Å². The largest absolute Gasteiger partial charge is 0.508 e. The molecule has 15 atom stereocenters. The first-order valence-corrected chi connectivity index (χ1v) is 47.0. The van der Waals surface area contributed by atoms with Crippen LogP contribution in [0, 0.1) is 29.1 Å². The van der Waals surface area contributed by atoms with Crippen LogP contribution in [0.25, 0.3) is 22.0 Å². The molecule has 41 nitrogen and oxygen atoms in total. The smallest absolute Gasteiger partial charge is 0.305 e. The number of para-hydroxylation sites is 1. The highest BCUT2D eigenvalue weighted by Crippen LogP contribution is 2.25. The number of aromatic amines is 1. The van der Waals surface area contributed by atoms with Crippen LogP contribution >= 0.6 is 11.8 Å². The molecule has 0 aliphatic carbocycles. The quantitative estimate of drug-likeness (QED) is 0.0176. The third kappa shape index (κ3) is 34.3. The van der Waals surface area contributed by atoms with Crippen molar-refractivity contribution in [3.8, 4) is 16.9 Å². The normalized spacial score (nSPS) is 23.2. The summed E-state index contributed by atoms with van der Waals surface area (Å²) in [4.78, 5) is 254. The van der Waals surface area contributed by atoms with Crippen LogP contribution in [0.5, 0.6) is 5.75 Å². The molecule has 2 heterocycles. The van der Waals surface area contributed by atoms with Crippen LogP contribution in [0.15, 0.2) is 140 Å². The summed E-state index contributed by atoms with van der Waals surface area (Å²) in [6.45, 7) is 14.4. The Labute approximate surface area is 805 Å². The van der Waals surface area contributed by atoms with Crippen LogP contribution in [0.2, 0.25) is 0 Å². The first-order valence-electron chi connectivity index (χ1n) is 45.8. The molecule has 1 saturated heterocycles. The van der Waals surface area contributed by atoms with E-state index in [4.69, 9.17) is 22.6 Å². The molecule has 42 heteroatoms. The van der Waals surface area contributed by atoms with Crippen molar-refractivity contribution in [1.82, 2.24) is 89.2 Å². The number of aromatic hydroxyl groups is 1. The second-order valence-corrected chi connectivity index (χ2v) is 36.9. The van der Waals surface area contributed by atoms with Crippen molar-refractivity contribution in [2.24, 2.45) is 40.9 Å². The minimum atomic E-state index is -2.06. The summed E-state index contributed by atoms with van der Waals surface area (Å²) in [5, 5.41) is 76.6. The van der Waals surface area contributed by atoms with Crippen molar-refractivity contribution >= 4 is 129 Å². The average molecular weight is 1930 g/mol. The van der Waals surface area contributed by atoms with Crippen molar-refractivity contribution in [2.45, 2.75) is 224 Å². The lowest BCUT2D eigenvalue weighted by atomic mass is 9.98. The van der Waals surface area contributed by atoms with E-state index in [2.05, 4.69) is 79.4 Å². The van der Waals surface area contributed by atoms with E-state index in [1.807, 2.05) is 30.3 Å². The fourth-order valence-corrected chi connectivity index (χ4v) is 16.1. The summed E-state index contributed by atoms with van der Waals surface area (Å²) in [5.41, 5.74) is 21.3. The van der Waals surface area contributed by atoms with Gasteiger partial charge in [-0.05, 0) is 128 Å². The van der Waals surface area contributed by atoms with Crippen LogP contribution in [-0.4, -0.2) is 272 Å². The first kappa shape index (κ1) is 111. The third-order valence-corrected chi connectivity index (χ3v) is 24.2. The van der Waals surface area contributed by atoms with Gasteiger partial charge in [-0.25, -0.2) is 0 Å². The number of benzene rings is 5. The fourth-order valence-electron chi connectivity index (χ4n) is 15.3. The molecule has 1 aliphatic heterocycles. The molecule has 1 aromatic heterocycles. The maximum atomic E-state index is 15.6. The van der Waals surface area contributed by atoms with Gasteiger partial charge in [0.1, 0.15) is 96.4 Å². The van der Waals surface area contributed by atoms with Gasteiger partial charge in [0.25, 0.3) is 0 Å². The number of hydrogen-bond acceptors (Lipinski definition) is 22. The number of H-pyrrole nitrogens is 1. The van der Waals surface area contributed by atoms with E-state index in [1.54, 1.807) is 127 Å². The zero-order valence-electron chi connectivity index (χ0n) is 79.7. The SMILES string of the molecule is CC(C)C[C@@H]1NC(=O)CSC[C@@H](C(=O)N[C@@H](C)C(N)=O)NC(=O)[C@H](CO)NC(=O)[C@H](C(C)C)NC(=O)[C@H](CC(C)C)NC(=O)[C@H](CCN)NC(=O)[C@H](Cc2ccccc2)N(C)C(=O)[C@H](C)N(C)C(=O)[C@H](CCCNC(=N)N)NC(=O)[C@H](Cc2ccc(-c3ccccc3)cc2)NC(=O)[C@H](C(C)C)NC(=O)[C@H](Cc2c[nH]c3ccccc23)NC(=O)[C@H](CC(=O)O)NC(=O)[C@H](Cc2ccc(O)cc2)NC1=O. The number of carbonyl (C=O) groups is 17. The second-order valence-electron chi connectivity index (χ2n) is 35.9. The highest BCUT2D eigenvalue weighted by atomic mass is 32.2. The van der Waals surface area contributed by atoms with Crippen LogP contribution in [0.1, 0.15) is 130 Å². The van der Waals surface area contributed by atoms with Gasteiger partial charge in [0.05, 0.1) is 18.8 Å². The monoisotopic (exact) mass is 1930 g/mol. The lowest BCUT2D eigenvalue weighted by Crippen LogP contribution is -2.62. The standard InChI is InChI=1S/C96H133N21O20S/c1-51(2)40-68-83(125)108-70(43-59-31-35-63(119)36-32-59)85(127)110-73(46-78(121)122)86(128)109-72(45-62-47-102-65-27-20-19-26-64(62)65)88(130)115-79(53(5)6)92(134)111-71(42-58-29-33-61(34-30-58)60-24-17-14-18-25-60)84(126)106-67(28-21-39-101-96(99)100)95(137)116(11)56(10)94(136)117(12)76(44-57-22-15-13-16-23-57)91(133)105-66(37-38-97)82(124)107-69(41-52(3)4)87(129)114-80(54(7)8)93(135)112-74(48-118)89(131)113-75(49-138-50-77(120)104-68)90(132)103-55(9)81(98)123/h13-20,22-27,29-36,47,51-56,66-76,79-80,102,118-119H,21,28,37-46,48-50,97H2,1-12H3,(H2,98,123)(H,103,132)(H,104,120)(H,105,133)(H,106,126)(H,107,124)(H,108,125)(H,109,128)(H,110,127)(H,111,134)(H,112,135)(H,113,131)(H,114,129)(H,115,130)(H,121,122)(H4,99,100,101)/t55-,56-,66-,67-,68-,69-,70-,71-,72-,73-,74-,75-,76-,79-,80-/m0/s1. The van der Waals surface area contributed by atoms with Crippen molar-refractivity contribution in [3.63, 3.8) is 0 Å². The number of carbonyl (C=O) groups excluding carboxylic acids is 16. The molecule has 0 bridgehead atoms. The molecule has 5 aromatic carbocycles. The van der Waals surface area contributed by atoms with Crippen LogP contribution in [0.4, 0.5) is 0 Å². The zero-order chi connectivity index (χ0) is 102. The number of carboxylic acid groups (broad SMARTS) is 1. The number of guanidine groups is 1. The van der Waals surface area contributed by atoms with Crippen LogP contribution in [0.3, 0.4) is 0 Å². The minimum Gasteiger partial charge on any atom is -0.508 e. The number of phenols is 1. The predicted molar refractivity (Wildman–Crippen MR) is 516 cm³/mol. The molecule has 138 heavy (non-hydrogen) atoms. The van der Waals surface area contributed by atoms with Gasteiger partial charge in [-0.3, -0.25) is 86.9 Å². The molecular weight excluding hydrogens is 1800 g/mol. The number of aliphatic hydroxyl groups excluding tert-OH is 1. The number of likely N-dealkylation sites (N-methyl/N-ethyl adjacent to an activating group) is 2. The van der Waals surface area contributed by atoms with Crippen molar-refractivity contribution in [3.05, 3.63) is 162 Å². The topological polar surface area (TPSA) is 643 Å². The molecule has 16 amide bonds. The number of phenolic OH excluding ortho intramolecular Hbond substituents is 1. The molecule has 0 spiro atoms. The Balaban J connectivity index is 1.34. The van der Waals surface area contributed by atoms with E-state index in [0.717, 1.165) is 32.7 Å². The van der Waals surface area contributed by atoms with E-state index >= 15 is 38.4 Å². The molecule has 0 unspecified atom stereocenters. The lowest BCUT2D eigenvalue weighted by Gasteiger charge is -2.35. The van der Waals surface area contributed by atoms with Gasteiger partial charge in [-0.1, -0.05) is 171 Å². The number of carboxylic acids is 1. The maximum absolute atomic E-state index is 15.6. The van der Waals surface area contributed by atoms with Crippen LogP contribution in [-0.2, 0) is 107 Å². The molecule has 0 radical (unpaired) electrons. The van der Waals surface area contributed by atoms with Crippen molar-refractivity contribution in [1.29, 1.82) is 5.41 Å².